The van der Waals surface area contributed by atoms with E-state index >= 15 is 0 Å². The number of benzene rings is 1. The summed E-state index contributed by atoms with van der Waals surface area (Å²) in [6.45, 7) is 0.808. The van der Waals surface area contributed by atoms with Crippen LogP contribution in [0.15, 0.2) is 30.3 Å². The molecule has 1 fully saturated rings. The SMILES string of the molecule is Cn1nc(CNC2CC2)c(-c2ccccc2)n1. The first-order chi connectivity index (χ1) is 8.33. The average Bonchev–Trinajstić information content (AvgIpc) is 3.11. The Labute approximate surface area is 101 Å². The predicted molar refractivity (Wildman–Crippen MR) is 66.3 cm³/mol. The highest BCUT2D eigenvalue weighted by Crippen LogP contribution is 2.22. The molecule has 2 aromatic rings. The lowest BCUT2D eigenvalue weighted by Gasteiger charge is -2.01. The summed E-state index contributed by atoms with van der Waals surface area (Å²) in [7, 11) is 1.87. The molecule has 4 heteroatoms. The minimum Gasteiger partial charge on any atom is -0.308 e. The number of hydrogen-bond acceptors (Lipinski definition) is 3. The molecule has 1 aliphatic carbocycles. The molecular weight excluding hydrogens is 212 g/mol. The first kappa shape index (κ1) is 10.5. The molecular formula is C13H16N4. The molecule has 0 aliphatic heterocycles. The lowest BCUT2D eigenvalue weighted by Crippen LogP contribution is -2.16. The topological polar surface area (TPSA) is 42.7 Å². The Balaban J connectivity index is 1.86. The summed E-state index contributed by atoms with van der Waals surface area (Å²) in [6, 6.07) is 10.9. The van der Waals surface area contributed by atoms with Crippen molar-refractivity contribution in [1.82, 2.24) is 20.3 Å². The fourth-order valence-corrected chi connectivity index (χ4v) is 1.91. The second-order valence-electron chi connectivity index (χ2n) is 4.51. The zero-order chi connectivity index (χ0) is 11.7. The third-order valence-corrected chi connectivity index (χ3v) is 2.97. The Kier molecular flexibility index (Phi) is 2.65. The van der Waals surface area contributed by atoms with Crippen LogP contribution in [0, 0.1) is 0 Å². The molecule has 3 rings (SSSR count). The second-order valence-corrected chi connectivity index (χ2v) is 4.51. The van der Waals surface area contributed by atoms with E-state index in [9.17, 15) is 0 Å². The van der Waals surface area contributed by atoms with E-state index in [1.807, 2.05) is 25.2 Å². The van der Waals surface area contributed by atoms with Crippen LogP contribution >= 0.6 is 0 Å². The molecule has 0 atom stereocenters. The summed E-state index contributed by atoms with van der Waals surface area (Å²) in [5.41, 5.74) is 3.15. The molecule has 0 unspecified atom stereocenters. The summed E-state index contributed by atoms with van der Waals surface area (Å²) in [5.74, 6) is 0. The molecule has 1 aromatic heterocycles. The van der Waals surface area contributed by atoms with Crippen LogP contribution in [0.5, 0.6) is 0 Å². The van der Waals surface area contributed by atoms with Crippen molar-refractivity contribution in [2.75, 3.05) is 0 Å². The van der Waals surface area contributed by atoms with Gasteiger partial charge in [0.2, 0.25) is 0 Å². The standard InChI is InChI=1S/C13H16N4/c1-17-15-12(9-14-11-7-8-11)13(16-17)10-5-3-2-4-6-10/h2-6,11,14H,7-9H2,1H3. The zero-order valence-corrected chi connectivity index (χ0v) is 9.93. The number of hydrogen-bond donors (Lipinski definition) is 1. The highest BCUT2D eigenvalue weighted by atomic mass is 15.5. The zero-order valence-electron chi connectivity index (χ0n) is 9.93. The summed E-state index contributed by atoms with van der Waals surface area (Å²) >= 11 is 0. The molecule has 1 heterocycles. The average molecular weight is 228 g/mol. The van der Waals surface area contributed by atoms with Gasteiger partial charge in [0.15, 0.2) is 0 Å². The maximum absolute atomic E-state index is 4.44. The van der Waals surface area contributed by atoms with Gasteiger partial charge in [0, 0.05) is 25.2 Å². The molecule has 88 valence electrons. The normalized spacial score (nSPS) is 15.1. The third-order valence-electron chi connectivity index (χ3n) is 2.97. The van der Waals surface area contributed by atoms with Gasteiger partial charge in [-0.2, -0.15) is 15.0 Å². The van der Waals surface area contributed by atoms with Crippen molar-refractivity contribution in [1.29, 1.82) is 0 Å². The van der Waals surface area contributed by atoms with E-state index in [-0.39, 0.29) is 0 Å². The van der Waals surface area contributed by atoms with Crippen LogP contribution in [0.1, 0.15) is 18.5 Å². The van der Waals surface area contributed by atoms with Crippen LogP contribution in [-0.4, -0.2) is 21.0 Å². The minimum absolute atomic E-state index is 0.695. The maximum Gasteiger partial charge on any atom is 0.117 e. The Bertz CT molecular complexity index is 499. The number of aromatic nitrogens is 3. The molecule has 0 spiro atoms. The van der Waals surface area contributed by atoms with E-state index in [0.717, 1.165) is 23.5 Å². The van der Waals surface area contributed by atoms with E-state index in [1.54, 1.807) is 4.80 Å². The Morgan fingerprint density at radius 2 is 2.00 bits per heavy atom. The fraction of sp³-hybridized carbons (Fsp3) is 0.385. The van der Waals surface area contributed by atoms with Crippen LogP contribution in [-0.2, 0) is 13.6 Å². The third kappa shape index (κ3) is 2.36. The molecule has 1 aliphatic rings. The Morgan fingerprint density at radius 3 is 2.71 bits per heavy atom. The Morgan fingerprint density at radius 1 is 1.24 bits per heavy atom. The fourth-order valence-electron chi connectivity index (χ4n) is 1.91. The smallest absolute Gasteiger partial charge is 0.117 e. The van der Waals surface area contributed by atoms with Gasteiger partial charge in [0.05, 0.1) is 0 Å². The molecule has 0 saturated heterocycles. The molecule has 1 saturated carbocycles. The van der Waals surface area contributed by atoms with Gasteiger partial charge in [0.25, 0.3) is 0 Å². The van der Waals surface area contributed by atoms with Gasteiger partial charge in [-0.05, 0) is 12.8 Å². The number of nitrogens with one attached hydrogen (secondary N) is 1. The summed E-state index contributed by atoms with van der Waals surface area (Å²) in [4.78, 5) is 1.65. The van der Waals surface area contributed by atoms with E-state index < -0.39 is 0 Å². The van der Waals surface area contributed by atoms with E-state index in [0.29, 0.717) is 6.04 Å². The molecule has 1 aromatic carbocycles. The van der Waals surface area contributed by atoms with Crippen LogP contribution in [0.4, 0.5) is 0 Å². The molecule has 4 nitrogen and oxygen atoms in total. The largest absolute Gasteiger partial charge is 0.308 e. The van der Waals surface area contributed by atoms with Gasteiger partial charge in [-0.25, -0.2) is 0 Å². The number of aryl methyl sites for hydroxylation is 1. The number of nitrogens with zero attached hydrogens (tertiary/aromatic N) is 3. The van der Waals surface area contributed by atoms with Crippen molar-refractivity contribution in [2.45, 2.75) is 25.4 Å². The van der Waals surface area contributed by atoms with Gasteiger partial charge >= 0.3 is 0 Å². The van der Waals surface area contributed by atoms with Gasteiger partial charge in [0.1, 0.15) is 11.4 Å². The lowest BCUT2D eigenvalue weighted by molar-refractivity contribution is 0.622. The van der Waals surface area contributed by atoms with Crippen molar-refractivity contribution < 1.29 is 0 Å². The second kappa shape index (κ2) is 4.30. The summed E-state index contributed by atoms with van der Waals surface area (Å²) < 4.78 is 0. The molecule has 1 N–H and O–H groups in total. The predicted octanol–water partition coefficient (Wildman–Crippen LogP) is 1.73. The van der Waals surface area contributed by atoms with Gasteiger partial charge in [-0.1, -0.05) is 30.3 Å². The van der Waals surface area contributed by atoms with Gasteiger partial charge < -0.3 is 5.32 Å². The van der Waals surface area contributed by atoms with Crippen molar-refractivity contribution in [3.05, 3.63) is 36.0 Å². The first-order valence-corrected chi connectivity index (χ1v) is 6.02. The molecule has 17 heavy (non-hydrogen) atoms. The van der Waals surface area contributed by atoms with Gasteiger partial charge in [-0.15, -0.1) is 0 Å². The van der Waals surface area contributed by atoms with Crippen LogP contribution in [0.25, 0.3) is 11.3 Å². The molecule has 0 amide bonds. The minimum atomic E-state index is 0.695. The lowest BCUT2D eigenvalue weighted by atomic mass is 10.1. The van der Waals surface area contributed by atoms with Crippen LogP contribution < -0.4 is 5.32 Å². The van der Waals surface area contributed by atoms with Crippen molar-refractivity contribution >= 4 is 0 Å². The highest BCUT2D eigenvalue weighted by Gasteiger charge is 2.21. The molecule has 0 bridgehead atoms. The van der Waals surface area contributed by atoms with Crippen LogP contribution in [0.2, 0.25) is 0 Å². The first-order valence-electron chi connectivity index (χ1n) is 6.02. The monoisotopic (exact) mass is 228 g/mol. The van der Waals surface area contributed by atoms with Crippen molar-refractivity contribution in [2.24, 2.45) is 7.05 Å². The van der Waals surface area contributed by atoms with E-state index in [1.165, 1.54) is 12.8 Å². The molecule has 0 radical (unpaired) electrons. The maximum atomic E-state index is 4.44. The highest BCUT2D eigenvalue weighted by molar-refractivity contribution is 5.60. The summed E-state index contributed by atoms with van der Waals surface area (Å²) in [5, 5.41) is 12.4. The number of rotatable bonds is 4. The quantitative estimate of drug-likeness (QED) is 0.866. The van der Waals surface area contributed by atoms with E-state index in [4.69, 9.17) is 0 Å². The van der Waals surface area contributed by atoms with Crippen molar-refractivity contribution in [3.63, 3.8) is 0 Å². The van der Waals surface area contributed by atoms with Crippen LogP contribution in [0.3, 0.4) is 0 Å². The van der Waals surface area contributed by atoms with E-state index in [2.05, 4.69) is 27.6 Å². The summed E-state index contributed by atoms with van der Waals surface area (Å²) in [6.07, 6.45) is 2.59. The van der Waals surface area contributed by atoms with Crippen molar-refractivity contribution in [3.8, 4) is 11.3 Å². The Hall–Kier alpha value is -1.68. The van der Waals surface area contributed by atoms with Gasteiger partial charge in [-0.3, -0.25) is 0 Å².